The van der Waals surface area contributed by atoms with E-state index in [9.17, 15) is 4.79 Å². The summed E-state index contributed by atoms with van der Waals surface area (Å²) in [7, 11) is 0. The summed E-state index contributed by atoms with van der Waals surface area (Å²) < 4.78 is 4.76. The first kappa shape index (κ1) is 19.1. The highest BCUT2D eigenvalue weighted by Gasteiger charge is 1.95. The average molecular weight is 325 g/mol. The monoisotopic (exact) mass is 325 g/mol. The molecule has 4 aromatic rings. The minimum absolute atomic E-state index is 0.402. The van der Waals surface area contributed by atoms with E-state index in [2.05, 4.69) is 15.0 Å². The molecule has 0 spiro atoms. The fraction of sp³-hybridized carbons (Fsp3) is 0.211. The van der Waals surface area contributed by atoms with E-state index < -0.39 is 5.76 Å². The molecule has 0 saturated carbocycles. The zero-order chi connectivity index (χ0) is 17.8. The highest BCUT2D eigenvalue weighted by atomic mass is 16.4. The van der Waals surface area contributed by atoms with Gasteiger partial charge in [0.15, 0.2) is 5.58 Å². The summed E-state index contributed by atoms with van der Waals surface area (Å²) in [6, 6.07) is 11.1. The molecule has 4 rings (SSSR count). The first-order chi connectivity index (χ1) is 11.8. The standard InChI is InChI=1S/C8H6N2.C7H5NO2.2C2H6/c1-3-9-5-8-6-10-4-2-7(1)8;9-7-8-5-3-1-2-4-6(5)10-7;2*1-2/h1-6H;1-4H,(H,8,9);2*1-2H3. The van der Waals surface area contributed by atoms with Gasteiger partial charge in [0.1, 0.15) is 0 Å². The third-order valence-corrected chi connectivity index (χ3v) is 2.77. The van der Waals surface area contributed by atoms with Crippen LogP contribution >= 0.6 is 0 Å². The first-order valence-electron chi connectivity index (χ1n) is 8.04. The molecule has 0 atom stereocenters. The second kappa shape index (κ2) is 10.7. The number of rotatable bonds is 0. The van der Waals surface area contributed by atoms with Gasteiger partial charge in [-0.05, 0) is 29.7 Å². The Morgan fingerprint density at radius 3 is 1.96 bits per heavy atom. The van der Waals surface area contributed by atoms with Gasteiger partial charge in [0.25, 0.3) is 0 Å². The van der Waals surface area contributed by atoms with E-state index in [1.165, 1.54) is 5.39 Å². The largest absolute Gasteiger partial charge is 0.417 e. The number of nitrogens with one attached hydrogen (secondary N) is 1. The summed E-state index contributed by atoms with van der Waals surface area (Å²) in [4.78, 5) is 21.0. The molecular weight excluding hydrogens is 302 g/mol. The van der Waals surface area contributed by atoms with E-state index in [1.54, 1.807) is 24.5 Å². The Morgan fingerprint density at radius 1 is 0.833 bits per heavy atom. The third-order valence-electron chi connectivity index (χ3n) is 2.77. The zero-order valence-corrected chi connectivity index (χ0v) is 14.5. The number of H-pyrrole nitrogens is 1. The van der Waals surface area contributed by atoms with Crippen molar-refractivity contribution in [2.45, 2.75) is 27.7 Å². The summed E-state index contributed by atoms with van der Waals surface area (Å²) in [5.74, 6) is -0.402. The van der Waals surface area contributed by atoms with Crippen LogP contribution in [0.3, 0.4) is 0 Å². The number of oxazole rings is 1. The number of nitrogens with zero attached hydrogens (tertiary/aromatic N) is 2. The molecule has 5 heteroatoms. The number of para-hydroxylation sites is 2. The van der Waals surface area contributed by atoms with Crippen LogP contribution in [0, 0.1) is 0 Å². The van der Waals surface area contributed by atoms with Gasteiger partial charge in [-0.2, -0.15) is 0 Å². The number of aromatic amines is 1. The Kier molecular flexibility index (Phi) is 8.53. The average Bonchev–Trinajstić information content (AvgIpc) is 3.06. The van der Waals surface area contributed by atoms with Crippen molar-refractivity contribution in [3.8, 4) is 0 Å². The molecule has 3 heterocycles. The van der Waals surface area contributed by atoms with Crippen LogP contribution in [0.4, 0.5) is 0 Å². The van der Waals surface area contributed by atoms with Crippen LogP contribution in [0.15, 0.2) is 70.4 Å². The van der Waals surface area contributed by atoms with Crippen molar-refractivity contribution >= 4 is 21.9 Å². The van der Waals surface area contributed by atoms with Crippen LogP contribution in [0.5, 0.6) is 0 Å². The number of pyridine rings is 2. The molecule has 0 fully saturated rings. The van der Waals surface area contributed by atoms with Crippen LogP contribution in [0.25, 0.3) is 21.9 Å². The van der Waals surface area contributed by atoms with Gasteiger partial charge >= 0.3 is 5.76 Å². The maximum atomic E-state index is 10.6. The lowest BCUT2D eigenvalue weighted by atomic mass is 10.2. The lowest BCUT2D eigenvalue weighted by molar-refractivity contribution is 0.555. The molecule has 0 amide bonds. The van der Waals surface area contributed by atoms with Gasteiger partial charge < -0.3 is 4.42 Å². The summed E-state index contributed by atoms with van der Waals surface area (Å²) in [6.45, 7) is 8.00. The molecule has 3 aromatic heterocycles. The van der Waals surface area contributed by atoms with Crippen molar-refractivity contribution in [2.75, 3.05) is 0 Å². The van der Waals surface area contributed by atoms with Gasteiger partial charge in [-0.3, -0.25) is 15.0 Å². The molecule has 1 aromatic carbocycles. The lowest BCUT2D eigenvalue weighted by Crippen LogP contribution is -1.92. The second-order valence-corrected chi connectivity index (χ2v) is 4.11. The fourth-order valence-electron chi connectivity index (χ4n) is 1.82. The summed E-state index contributed by atoms with van der Waals surface area (Å²) in [5.41, 5.74) is 1.35. The molecule has 0 aliphatic carbocycles. The summed E-state index contributed by atoms with van der Waals surface area (Å²) in [6.07, 6.45) is 7.18. The molecule has 0 radical (unpaired) electrons. The lowest BCUT2D eigenvalue weighted by Gasteiger charge is -1.91. The van der Waals surface area contributed by atoms with Crippen LogP contribution in [0.2, 0.25) is 0 Å². The van der Waals surface area contributed by atoms with E-state index in [4.69, 9.17) is 4.42 Å². The van der Waals surface area contributed by atoms with E-state index in [1.807, 2.05) is 64.4 Å². The second-order valence-electron chi connectivity index (χ2n) is 4.11. The van der Waals surface area contributed by atoms with Crippen LogP contribution in [-0.4, -0.2) is 15.0 Å². The molecule has 1 N–H and O–H groups in total. The van der Waals surface area contributed by atoms with E-state index in [-0.39, 0.29) is 0 Å². The Balaban J connectivity index is 0.000000199. The fourth-order valence-corrected chi connectivity index (χ4v) is 1.82. The molecule has 5 nitrogen and oxygen atoms in total. The maximum absolute atomic E-state index is 10.6. The zero-order valence-electron chi connectivity index (χ0n) is 14.5. The maximum Gasteiger partial charge on any atom is 0.417 e. The van der Waals surface area contributed by atoms with Crippen molar-refractivity contribution < 1.29 is 4.42 Å². The normalized spacial score (nSPS) is 9.00. The van der Waals surface area contributed by atoms with Crippen LogP contribution in [-0.2, 0) is 0 Å². The number of fused-ring (bicyclic) bond motifs is 2. The van der Waals surface area contributed by atoms with Gasteiger partial charge in [0.05, 0.1) is 5.52 Å². The van der Waals surface area contributed by atoms with Crippen molar-refractivity contribution in [2.24, 2.45) is 0 Å². The molecule has 0 bridgehead atoms. The van der Waals surface area contributed by atoms with Crippen molar-refractivity contribution in [3.63, 3.8) is 0 Å². The molecule has 0 aliphatic heterocycles. The number of hydrogen-bond donors (Lipinski definition) is 1. The van der Waals surface area contributed by atoms with Gasteiger partial charge in [0, 0.05) is 30.2 Å². The van der Waals surface area contributed by atoms with E-state index >= 15 is 0 Å². The van der Waals surface area contributed by atoms with Gasteiger partial charge in [0.2, 0.25) is 0 Å². The minimum atomic E-state index is -0.402. The summed E-state index contributed by atoms with van der Waals surface area (Å²) in [5, 5.41) is 2.27. The molecular formula is C19H23N3O2. The topological polar surface area (TPSA) is 71.8 Å². The predicted molar refractivity (Wildman–Crippen MR) is 99.1 cm³/mol. The molecule has 0 unspecified atom stereocenters. The first-order valence-corrected chi connectivity index (χ1v) is 8.04. The molecule has 126 valence electrons. The van der Waals surface area contributed by atoms with Crippen molar-refractivity contribution in [1.82, 2.24) is 15.0 Å². The van der Waals surface area contributed by atoms with Crippen molar-refractivity contribution in [3.05, 3.63) is 71.7 Å². The smallest absolute Gasteiger partial charge is 0.408 e. The van der Waals surface area contributed by atoms with Crippen LogP contribution in [0.1, 0.15) is 27.7 Å². The van der Waals surface area contributed by atoms with Gasteiger partial charge in [-0.15, -0.1) is 0 Å². The Hall–Kier alpha value is -2.95. The Bertz CT molecular complexity index is 796. The van der Waals surface area contributed by atoms with Crippen molar-refractivity contribution in [1.29, 1.82) is 0 Å². The number of aromatic nitrogens is 3. The predicted octanol–water partition coefficient (Wildman–Crippen LogP) is 4.80. The van der Waals surface area contributed by atoms with E-state index in [0.717, 1.165) is 10.9 Å². The highest BCUT2D eigenvalue weighted by Crippen LogP contribution is 2.08. The molecule has 0 aliphatic rings. The van der Waals surface area contributed by atoms with E-state index in [0.29, 0.717) is 5.58 Å². The van der Waals surface area contributed by atoms with Gasteiger partial charge in [-0.25, -0.2) is 4.79 Å². The Labute approximate surface area is 141 Å². The SMILES string of the molecule is CC.CC.O=c1[nH]c2ccccc2o1.c1cc2ccncc2cn1. The number of hydrogen-bond acceptors (Lipinski definition) is 4. The quantitative estimate of drug-likeness (QED) is 0.504. The summed E-state index contributed by atoms with van der Waals surface area (Å²) >= 11 is 0. The minimum Gasteiger partial charge on any atom is -0.408 e. The third kappa shape index (κ3) is 5.35. The van der Waals surface area contributed by atoms with Gasteiger partial charge in [-0.1, -0.05) is 39.8 Å². The highest BCUT2D eigenvalue weighted by molar-refractivity contribution is 5.79. The Morgan fingerprint density at radius 2 is 1.42 bits per heavy atom. The van der Waals surface area contributed by atoms with Crippen LogP contribution < -0.4 is 5.76 Å². The number of benzene rings is 1. The molecule has 0 saturated heterocycles. The molecule has 24 heavy (non-hydrogen) atoms.